The van der Waals surface area contributed by atoms with Crippen molar-refractivity contribution < 1.29 is 4.39 Å². The first-order valence-electron chi connectivity index (χ1n) is 11.4. The molecule has 1 unspecified atom stereocenters. The van der Waals surface area contributed by atoms with E-state index in [9.17, 15) is 4.39 Å². The molecule has 1 aliphatic carbocycles. The molecular formula is C29H43F. The van der Waals surface area contributed by atoms with E-state index in [0.717, 1.165) is 25.7 Å². The second-order valence-corrected chi connectivity index (χ2v) is 9.15. The van der Waals surface area contributed by atoms with Gasteiger partial charge in [0, 0.05) is 6.42 Å². The van der Waals surface area contributed by atoms with Crippen LogP contribution in [0.2, 0.25) is 0 Å². The third kappa shape index (κ3) is 8.09. The highest BCUT2D eigenvalue weighted by atomic mass is 19.1. The molecule has 0 aromatic heterocycles. The van der Waals surface area contributed by atoms with Crippen LogP contribution in [0.15, 0.2) is 59.2 Å². The van der Waals surface area contributed by atoms with Crippen LogP contribution in [0, 0.1) is 20.8 Å². The Kier molecular flexibility index (Phi) is 10.5. The number of rotatable bonds is 6. The molecule has 1 heteroatoms. The minimum Gasteiger partial charge on any atom is -0.244 e. The van der Waals surface area contributed by atoms with E-state index >= 15 is 0 Å². The molecule has 1 aliphatic rings. The topological polar surface area (TPSA) is 0 Å². The van der Waals surface area contributed by atoms with Gasteiger partial charge in [-0.3, -0.25) is 0 Å². The molecule has 0 bridgehead atoms. The monoisotopic (exact) mass is 410 g/mol. The summed E-state index contributed by atoms with van der Waals surface area (Å²) >= 11 is 0. The number of alkyl halides is 1. The summed E-state index contributed by atoms with van der Waals surface area (Å²) in [4.78, 5) is 0. The second-order valence-electron chi connectivity index (χ2n) is 9.15. The number of benzene rings is 1. The van der Waals surface area contributed by atoms with Gasteiger partial charge < -0.3 is 0 Å². The summed E-state index contributed by atoms with van der Waals surface area (Å²) in [7, 11) is 0. The molecule has 0 saturated carbocycles. The van der Waals surface area contributed by atoms with Crippen LogP contribution in [0.25, 0.3) is 0 Å². The lowest BCUT2D eigenvalue weighted by atomic mass is 9.79. The van der Waals surface area contributed by atoms with Crippen molar-refractivity contribution in [1.82, 2.24) is 0 Å². The predicted molar refractivity (Wildman–Crippen MR) is 133 cm³/mol. The molecule has 0 saturated heterocycles. The minimum atomic E-state index is -0.990. The Morgan fingerprint density at radius 2 is 1.83 bits per heavy atom. The molecule has 30 heavy (non-hydrogen) atoms. The number of halogens is 1. The molecule has 166 valence electrons. The maximum Gasteiger partial charge on any atom is 0.112 e. The molecule has 0 nitrogen and oxygen atoms in total. The molecule has 2 rings (SSSR count). The van der Waals surface area contributed by atoms with E-state index in [1.807, 2.05) is 13.0 Å². The zero-order valence-electron chi connectivity index (χ0n) is 20.7. The van der Waals surface area contributed by atoms with Gasteiger partial charge in [0.05, 0.1) is 0 Å². The summed E-state index contributed by atoms with van der Waals surface area (Å²) in [5.41, 5.74) is 10.0. The van der Waals surface area contributed by atoms with Crippen molar-refractivity contribution in [2.45, 2.75) is 99.6 Å². The summed E-state index contributed by atoms with van der Waals surface area (Å²) in [5.74, 6) is 0. The van der Waals surface area contributed by atoms with Crippen LogP contribution in [0.3, 0.4) is 0 Å². The largest absolute Gasteiger partial charge is 0.244 e. The van der Waals surface area contributed by atoms with Crippen molar-refractivity contribution in [3.63, 3.8) is 0 Å². The summed E-state index contributed by atoms with van der Waals surface area (Å²) in [6, 6.07) is 4.47. The SMILES string of the molecule is C/C=C\C=C(/C)C1=C(CC)CC(C)(F)CC1.C=C(C)CCc1ccc(C)c(C)c1C. The third-order valence-electron chi connectivity index (χ3n) is 6.34. The summed E-state index contributed by atoms with van der Waals surface area (Å²) in [6.07, 6.45) is 11.6. The van der Waals surface area contributed by atoms with Crippen molar-refractivity contribution in [3.05, 3.63) is 81.5 Å². The summed E-state index contributed by atoms with van der Waals surface area (Å²) in [5, 5.41) is 0. The fourth-order valence-corrected chi connectivity index (χ4v) is 3.99. The lowest BCUT2D eigenvalue weighted by Crippen LogP contribution is -2.23. The Balaban J connectivity index is 0.000000303. The van der Waals surface area contributed by atoms with Gasteiger partial charge >= 0.3 is 0 Å². The minimum absolute atomic E-state index is 0.611. The molecule has 1 aromatic carbocycles. The fraction of sp³-hybridized carbons (Fsp3) is 0.517. The Morgan fingerprint density at radius 3 is 2.40 bits per heavy atom. The van der Waals surface area contributed by atoms with Crippen molar-refractivity contribution in [1.29, 1.82) is 0 Å². The number of hydrogen-bond donors (Lipinski definition) is 0. The molecule has 1 atom stereocenters. The predicted octanol–water partition coefficient (Wildman–Crippen LogP) is 9.25. The van der Waals surface area contributed by atoms with Crippen LogP contribution in [-0.4, -0.2) is 5.67 Å². The lowest BCUT2D eigenvalue weighted by molar-refractivity contribution is 0.165. The van der Waals surface area contributed by atoms with E-state index < -0.39 is 5.67 Å². The second kappa shape index (κ2) is 12.1. The van der Waals surface area contributed by atoms with Gasteiger partial charge in [0.1, 0.15) is 5.67 Å². The molecule has 0 N–H and O–H groups in total. The van der Waals surface area contributed by atoms with E-state index in [0.29, 0.717) is 12.8 Å². The zero-order chi connectivity index (χ0) is 22.9. The highest BCUT2D eigenvalue weighted by Crippen LogP contribution is 2.39. The zero-order valence-corrected chi connectivity index (χ0v) is 20.7. The normalized spacial score (nSPS) is 19.7. The van der Waals surface area contributed by atoms with Gasteiger partial charge in [-0.15, -0.1) is 6.58 Å². The summed E-state index contributed by atoms with van der Waals surface area (Å²) in [6.45, 7) is 20.6. The first-order valence-corrected chi connectivity index (χ1v) is 11.4. The fourth-order valence-electron chi connectivity index (χ4n) is 3.99. The highest BCUT2D eigenvalue weighted by molar-refractivity contribution is 5.39. The molecular weight excluding hydrogens is 367 g/mol. The van der Waals surface area contributed by atoms with E-state index in [1.54, 1.807) is 6.92 Å². The maximum absolute atomic E-state index is 13.9. The Hall–Kier alpha value is -1.89. The van der Waals surface area contributed by atoms with Crippen molar-refractivity contribution in [2.75, 3.05) is 0 Å². The molecule has 0 heterocycles. The first-order chi connectivity index (χ1) is 14.0. The number of aryl methyl sites for hydroxylation is 2. The van der Waals surface area contributed by atoms with Gasteiger partial charge in [0.25, 0.3) is 0 Å². The van der Waals surface area contributed by atoms with Crippen molar-refractivity contribution >= 4 is 0 Å². The molecule has 0 fully saturated rings. The van der Waals surface area contributed by atoms with E-state index in [4.69, 9.17) is 0 Å². The van der Waals surface area contributed by atoms with Crippen LogP contribution in [0.5, 0.6) is 0 Å². The smallest absolute Gasteiger partial charge is 0.112 e. The molecule has 0 spiro atoms. The van der Waals surface area contributed by atoms with Gasteiger partial charge in [-0.05, 0) is 114 Å². The van der Waals surface area contributed by atoms with Crippen LogP contribution in [0.4, 0.5) is 4.39 Å². The van der Waals surface area contributed by atoms with Gasteiger partial charge in [-0.25, -0.2) is 4.39 Å². The average molecular weight is 411 g/mol. The quantitative estimate of drug-likeness (QED) is 0.324. The molecule has 0 radical (unpaired) electrons. The van der Waals surface area contributed by atoms with Gasteiger partial charge in [-0.1, -0.05) is 48.4 Å². The molecule has 1 aromatic rings. The van der Waals surface area contributed by atoms with Crippen molar-refractivity contribution in [3.8, 4) is 0 Å². The van der Waals surface area contributed by atoms with Gasteiger partial charge in [0.2, 0.25) is 0 Å². The molecule has 0 amide bonds. The lowest BCUT2D eigenvalue weighted by Gasteiger charge is -2.30. The van der Waals surface area contributed by atoms with Crippen LogP contribution in [0.1, 0.15) is 89.0 Å². The Labute approximate surface area is 185 Å². The number of hydrogen-bond acceptors (Lipinski definition) is 0. The third-order valence-corrected chi connectivity index (χ3v) is 6.34. The van der Waals surface area contributed by atoms with E-state index in [2.05, 4.69) is 72.4 Å². The van der Waals surface area contributed by atoms with E-state index in [-0.39, 0.29) is 0 Å². The standard InChI is InChI=1S/C15H23F.C14H20/c1-5-7-8-12(3)14-9-10-15(4,16)11-13(14)6-2;1-10(2)6-8-14-9-7-11(3)12(4)13(14)5/h5,7-8H,6,9-11H2,1-4H3;7,9H,1,6,8H2,2-5H3/b7-5-,12-8+;. The Morgan fingerprint density at radius 1 is 1.17 bits per heavy atom. The van der Waals surface area contributed by atoms with Crippen molar-refractivity contribution in [2.24, 2.45) is 0 Å². The van der Waals surface area contributed by atoms with Gasteiger partial charge in [-0.2, -0.15) is 0 Å². The first kappa shape index (κ1) is 26.1. The highest BCUT2D eigenvalue weighted by Gasteiger charge is 2.30. The van der Waals surface area contributed by atoms with Crippen LogP contribution in [-0.2, 0) is 6.42 Å². The van der Waals surface area contributed by atoms with Gasteiger partial charge in [0.15, 0.2) is 0 Å². The van der Waals surface area contributed by atoms with Crippen LogP contribution >= 0.6 is 0 Å². The number of allylic oxidation sites excluding steroid dienone is 7. The average Bonchev–Trinajstić information content (AvgIpc) is 2.69. The Bertz CT molecular complexity index is 815. The van der Waals surface area contributed by atoms with Crippen LogP contribution < -0.4 is 0 Å². The van der Waals surface area contributed by atoms with E-state index in [1.165, 1.54) is 44.5 Å². The maximum atomic E-state index is 13.9. The summed E-state index contributed by atoms with van der Waals surface area (Å²) < 4.78 is 13.9. The molecule has 0 aliphatic heterocycles.